The van der Waals surface area contributed by atoms with E-state index in [0.717, 1.165) is 36.1 Å². The predicted octanol–water partition coefficient (Wildman–Crippen LogP) is 3.35. The Morgan fingerprint density at radius 2 is 1.78 bits per heavy atom. The molecule has 0 bridgehead atoms. The van der Waals surface area contributed by atoms with Crippen molar-refractivity contribution in [3.05, 3.63) is 57.7 Å². The zero-order valence-corrected chi connectivity index (χ0v) is 23.7. The maximum atomic E-state index is 13.7. The maximum absolute atomic E-state index is 13.7. The molecule has 3 aliphatic rings. The van der Waals surface area contributed by atoms with Crippen LogP contribution in [-0.4, -0.2) is 85.0 Å². The second-order valence-electron chi connectivity index (χ2n) is 10.2. The van der Waals surface area contributed by atoms with E-state index in [1.165, 1.54) is 4.31 Å². The number of hydrogen-bond donors (Lipinski definition) is 0. The molecule has 0 spiro atoms. The van der Waals surface area contributed by atoms with Crippen molar-refractivity contribution in [2.24, 2.45) is 0 Å². The molecule has 1 aromatic carbocycles. The van der Waals surface area contributed by atoms with Crippen LogP contribution in [0.2, 0.25) is 0 Å². The number of piperidine rings is 1. The minimum Gasteiger partial charge on any atom is -0.482 e. The molecular weight excluding hydrogens is 558 g/mol. The highest BCUT2D eigenvalue weighted by Gasteiger charge is 2.44. The van der Waals surface area contributed by atoms with Crippen molar-refractivity contribution in [2.75, 3.05) is 44.7 Å². The van der Waals surface area contributed by atoms with Gasteiger partial charge >= 0.3 is 0 Å². The number of anilines is 1. The van der Waals surface area contributed by atoms with Crippen molar-refractivity contribution in [3.8, 4) is 5.75 Å². The van der Waals surface area contributed by atoms with Gasteiger partial charge in [0.15, 0.2) is 0 Å². The highest BCUT2D eigenvalue weighted by Crippen LogP contribution is 2.40. The minimum absolute atomic E-state index is 0.160. The number of halogens is 1. The van der Waals surface area contributed by atoms with E-state index in [1.54, 1.807) is 37.3 Å². The number of carbonyl (C=O) groups excluding carboxylic acids is 1. The Balaban J connectivity index is 1.25. The molecule has 2 saturated heterocycles. The lowest BCUT2D eigenvalue weighted by atomic mass is 10.0. The summed E-state index contributed by atoms with van der Waals surface area (Å²) >= 11 is 3.43. The van der Waals surface area contributed by atoms with Gasteiger partial charge in [-0.25, -0.2) is 13.4 Å². The lowest BCUT2D eigenvalue weighted by molar-refractivity contribution is -0.156. The molecule has 0 N–H and O–H groups in total. The van der Waals surface area contributed by atoms with Crippen molar-refractivity contribution in [3.63, 3.8) is 0 Å². The number of ether oxygens (including phenoxy) is 1. The van der Waals surface area contributed by atoms with E-state index in [2.05, 4.69) is 25.8 Å². The predicted molar refractivity (Wildman–Crippen MR) is 146 cm³/mol. The number of hydrogen-bond acceptors (Lipinski definition) is 7. The fourth-order valence-corrected chi connectivity index (χ4v) is 7.47. The average molecular weight is 591 g/mol. The molecule has 0 atom stereocenters. The zero-order chi connectivity index (χ0) is 26.4. The molecule has 2 aromatic rings. The number of carbonyl (C=O) groups is 1. The van der Waals surface area contributed by atoms with Crippen LogP contribution in [0.15, 0.2) is 52.1 Å². The fourth-order valence-electron chi connectivity index (χ4n) is 5.31. The van der Waals surface area contributed by atoms with Crippen molar-refractivity contribution >= 4 is 43.6 Å². The summed E-state index contributed by atoms with van der Waals surface area (Å²) < 4.78 is 35.6. The molecule has 0 aliphatic carbocycles. The second-order valence-corrected chi connectivity index (χ2v) is 13.0. The number of piperazine rings is 1. The Bertz CT molecular complexity index is 1310. The molecule has 1 amide bonds. The third-order valence-electron chi connectivity index (χ3n) is 7.40. The van der Waals surface area contributed by atoms with Gasteiger partial charge in [-0.1, -0.05) is 22.0 Å². The molecule has 4 heterocycles. The van der Waals surface area contributed by atoms with Gasteiger partial charge in [0.2, 0.25) is 10.0 Å². The van der Waals surface area contributed by atoms with Crippen LogP contribution in [0.25, 0.3) is 6.08 Å². The zero-order valence-electron chi connectivity index (χ0n) is 21.3. The molecule has 5 rings (SSSR count). The highest BCUT2D eigenvalue weighted by atomic mass is 79.9. The number of aromatic nitrogens is 1. The Morgan fingerprint density at radius 3 is 2.46 bits per heavy atom. The van der Waals surface area contributed by atoms with Gasteiger partial charge in [0.25, 0.3) is 5.91 Å². The van der Waals surface area contributed by atoms with Gasteiger partial charge < -0.3 is 9.64 Å². The van der Waals surface area contributed by atoms with E-state index >= 15 is 0 Å². The van der Waals surface area contributed by atoms with Gasteiger partial charge in [-0.2, -0.15) is 4.31 Å². The molecule has 9 nitrogen and oxygen atoms in total. The molecule has 0 radical (unpaired) electrons. The molecule has 3 aliphatic heterocycles. The third-order valence-corrected chi connectivity index (χ3v) is 10.1. The number of hydrazine groups is 1. The van der Waals surface area contributed by atoms with Crippen molar-refractivity contribution in [2.45, 2.75) is 38.3 Å². The van der Waals surface area contributed by atoms with Gasteiger partial charge in [0.05, 0.1) is 13.1 Å². The van der Waals surface area contributed by atoms with Crippen LogP contribution in [0, 0.1) is 0 Å². The van der Waals surface area contributed by atoms with Crippen molar-refractivity contribution in [1.29, 1.82) is 0 Å². The largest absolute Gasteiger partial charge is 0.482 e. The normalized spacial score (nSPS) is 21.0. The van der Waals surface area contributed by atoms with E-state index in [4.69, 9.17) is 4.74 Å². The number of rotatable bonds is 5. The van der Waals surface area contributed by atoms with E-state index in [0.29, 0.717) is 17.9 Å². The second kappa shape index (κ2) is 10.0. The quantitative estimate of drug-likeness (QED) is 0.528. The number of amides is 1. The lowest BCUT2D eigenvalue weighted by Gasteiger charge is -2.45. The lowest BCUT2D eigenvalue weighted by Crippen LogP contribution is -2.61. The molecule has 198 valence electrons. The van der Waals surface area contributed by atoms with Crippen LogP contribution >= 0.6 is 15.9 Å². The van der Waals surface area contributed by atoms with Crippen LogP contribution in [-0.2, 0) is 14.8 Å². The van der Waals surface area contributed by atoms with Crippen molar-refractivity contribution < 1.29 is 17.9 Å². The first-order chi connectivity index (χ1) is 17.6. The Kier molecular flexibility index (Phi) is 7.08. The SMILES string of the molecule is CN(C1CCN(c2ccncc2)CC1)N1CCN(S(=O)(=O)C2=Cc3ccc(Br)cc3OC2(C)C)CC1=O. The number of benzene rings is 1. The molecule has 0 unspecified atom stereocenters. The fraction of sp³-hybridized carbons (Fsp3) is 0.462. The number of nitrogens with zero attached hydrogens (tertiary/aromatic N) is 5. The Hall–Kier alpha value is -2.47. The minimum atomic E-state index is -3.91. The summed E-state index contributed by atoms with van der Waals surface area (Å²) in [5, 5.41) is 3.72. The highest BCUT2D eigenvalue weighted by molar-refractivity contribution is 9.10. The summed E-state index contributed by atoms with van der Waals surface area (Å²) in [6.45, 7) is 5.62. The summed E-state index contributed by atoms with van der Waals surface area (Å²) in [6, 6.07) is 9.74. The molecule has 37 heavy (non-hydrogen) atoms. The Morgan fingerprint density at radius 1 is 1.08 bits per heavy atom. The summed E-state index contributed by atoms with van der Waals surface area (Å²) in [4.78, 5) is 19.8. The third kappa shape index (κ3) is 5.14. The van der Waals surface area contributed by atoms with Crippen LogP contribution in [0.5, 0.6) is 5.75 Å². The van der Waals surface area contributed by atoms with Gasteiger partial charge in [-0.05, 0) is 57.0 Å². The van der Waals surface area contributed by atoms with Crippen LogP contribution in [0.4, 0.5) is 5.69 Å². The van der Waals surface area contributed by atoms with E-state index in [9.17, 15) is 13.2 Å². The topological polar surface area (TPSA) is 86.3 Å². The molecule has 2 fully saturated rings. The van der Waals surface area contributed by atoms with Gasteiger partial charge in [0.1, 0.15) is 16.3 Å². The molecule has 0 saturated carbocycles. The average Bonchev–Trinajstić information content (AvgIpc) is 2.87. The monoisotopic (exact) mass is 589 g/mol. The molecular formula is C26H32BrN5O4S. The summed E-state index contributed by atoms with van der Waals surface area (Å²) in [7, 11) is -1.98. The number of sulfonamides is 1. The van der Waals surface area contributed by atoms with E-state index in [-0.39, 0.29) is 29.9 Å². The van der Waals surface area contributed by atoms with Gasteiger partial charge in [-0.3, -0.25) is 14.8 Å². The van der Waals surface area contributed by atoms with E-state index < -0.39 is 15.6 Å². The van der Waals surface area contributed by atoms with Crippen molar-refractivity contribution in [1.82, 2.24) is 19.3 Å². The molecule has 1 aromatic heterocycles. The van der Waals surface area contributed by atoms with Crippen LogP contribution in [0.3, 0.4) is 0 Å². The smallest absolute Gasteiger partial charge is 0.252 e. The van der Waals surface area contributed by atoms with Gasteiger partial charge in [-0.15, -0.1) is 0 Å². The Labute approximate surface area is 226 Å². The first kappa shape index (κ1) is 26.1. The van der Waals surface area contributed by atoms with Crippen LogP contribution in [0.1, 0.15) is 32.3 Å². The molecule has 11 heteroatoms. The first-order valence-corrected chi connectivity index (χ1v) is 14.7. The maximum Gasteiger partial charge on any atom is 0.252 e. The summed E-state index contributed by atoms with van der Waals surface area (Å²) in [5.74, 6) is 0.407. The van der Waals surface area contributed by atoms with Gasteiger partial charge in [0, 0.05) is 60.8 Å². The summed E-state index contributed by atoms with van der Waals surface area (Å²) in [5.41, 5.74) is 0.793. The van der Waals surface area contributed by atoms with Crippen LogP contribution < -0.4 is 9.64 Å². The van der Waals surface area contributed by atoms with E-state index in [1.807, 2.05) is 42.4 Å². The summed E-state index contributed by atoms with van der Waals surface area (Å²) in [6.07, 6.45) is 7.10. The number of pyridine rings is 1. The first-order valence-electron chi connectivity index (χ1n) is 12.5. The number of fused-ring (bicyclic) bond motifs is 1. The standard InChI is InChI=1S/C26H32BrN5O4S/c1-26(2)24(16-19-4-5-20(27)17-23(19)36-26)37(34,35)31-14-15-32(25(33)18-31)29(3)21-8-12-30(13-9-21)22-6-10-28-11-7-22/h4-7,10-11,16-17,21H,8-9,12-15,18H2,1-3H3.